The van der Waals surface area contributed by atoms with Crippen LogP contribution in [-0.2, 0) is 11.3 Å². The van der Waals surface area contributed by atoms with Crippen LogP contribution in [0.2, 0.25) is 0 Å². The summed E-state index contributed by atoms with van der Waals surface area (Å²) in [5, 5.41) is 0. The smallest absolute Gasteiger partial charge is 0.101 e. The molecule has 1 unspecified atom stereocenters. The number of hydrogen-bond donors (Lipinski definition) is 0. The molecule has 0 radical (unpaired) electrons. The molecule has 0 N–H and O–H groups in total. The summed E-state index contributed by atoms with van der Waals surface area (Å²) in [5.74, 6) is 0. The molecule has 0 aliphatic carbocycles. The monoisotopic (exact) mass is 326 g/mol. The summed E-state index contributed by atoms with van der Waals surface area (Å²) in [7, 11) is 0. The molecular formula is C24H22O. The predicted octanol–water partition coefficient (Wildman–Crippen LogP) is 6.21. The molecule has 124 valence electrons. The minimum absolute atomic E-state index is 0.0678. The molecule has 0 bridgehead atoms. The Morgan fingerprint density at radius 1 is 0.680 bits per heavy atom. The second-order valence-corrected chi connectivity index (χ2v) is 5.78. The SMILES string of the molecule is C(/C=C/C(OCc1ccccc1)c1ccccc1)=C\c1ccccc1. The maximum atomic E-state index is 6.15. The second-order valence-electron chi connectivity index (χ2n) is 5.78. The van der Waals surface area contributed by atoms with Crippen molar-refractivity contribution in [2.75, 3.05) is 0 Å². The molecule has 3 aromatic carbocycles. The van der Waals surface area contributed by atoms with E-state index in [-0.39, 0.29) is 6.10 Å². The number of allylic oxidation sites excluding steroid dienone is 2. The van der Waals surface area contributed by atoms with E-state index >= 15 is 0 Å². The Hall–Kier alpha value is -2.90. The van der Waals surface area contributed by atoms with E-state index in [0.717, 1.165) is 5.56 Å². The molecule has 1 heteroatoms. The van der Waals surface area contributed by atoms with Crippen LogP contribution in [-0.4, -0.2) is 0 Å². The molecule has 0 saturated heterocycles. The van der Waals surface area contributed by atoms with Crippen molar-refractivity contribution < 1.29 is 4.74 Å². The average Bonchev–Trinajstić information content (AvgIpc) is 2.70. The molecular weight excluding hydrogens is 304 g/mol. The van der Waals surface area contributed by atoms with Crippen molar-refractivity contribution in [3.8, 4) is 0 Å². The fourth-order valence-electron chi connectivity index (χ4n) is 2.56. The summed E-state index contributed by atoms with van der Waals surface area (Å²) in [4.78, 5) is 0. The molecule has 3 rings (SSSR count). The molecule has 0 heterocycles. The van der Waals surface area contributed by atoms with Crippen LogP contribution >= 0.6 is 0 Å². The molecule has 0 aliphatic rings. The summed E-state index contributed by atoms with van der Waals surface area (Å²) in [5.41, 5.74) is 3.52. The van der Waals surface area contributed by atoms with E-state index in [4.69, 9.17) is 4.74 Å². The molecule has 0 aromatic heterocycles. The topological polar surface area (TPSA) is 9.23 Å². The highest BCUT2D eigenvalue weighted by molar-refractivity contribution is 5.50. The molecule has 1 atom stereocenters. The fraction of sp³-hybridized carbons (Fsp3) is 0.0833. The Labute approximate surface area is 149 Å². The van der Waals surface area contributed by atoms with Crippen LogP contribution in [0.3, 0.4) is 0 Å². The zero-order valence-corrected chi connectivity index (χ0v) is 14.2. The van der Waals surface area contributed by atoms with Gasteiger partial charge in [0.05, 0.1) is 6.61 Å². The highest BCUT2D eigenvalue weighted by Crippen LogP contribution is 2.20. The van der Waals surface area contributed by atoms with Gasteiger partial charge in [-0.25, -0.2) is 0 Å². The third-order valence-electron chi connectivity index (χ3n) is 3.89. The lowest BCUT2D eigenvalue weighted by molar-refractivity contribution is 0.0718. The van der Waals surface area contributed by atoms with Crippen molar-refractivity contribution in [3.63, 3.8) is 0 Å². The van der Waals surface area contributed by atoms with E-state index in [1.54, 1.807) is 0 Å². The summed E-state index contributed by atoms with van der Waals surface area (Å²) >= 11 is 0. The molecule has 3 aromatic rings. The molecule has 0 aliphatic heterocycles. The van der Waals surface area contributed by atoms with Crippen LogP contribution in [0.5, 0.6) is 0 Å². The molecule has 0 saturated carbocycles. The van der Waals surface area contributed by atoms with E-state index in [1.807, 2.05) is 54.6 Å². The Balaban J connectivity index is 1.68. The summed E-state index contributed by atoms with van der Waals surface area (Å²) in [6, 6.07) is 30.9. The number of hydrogen-bond acceptors (Lipinski definition) is 1. The largest absolute Gasteiger partial charge is 0.365 e. The highest BCUT2D eigenvalue weighted by Gasteiger charge is 2.07. The summed E-state index contributed by atoms with van der Waals surface area (Å²) < 4.78 is 6.15. The minimum atomic E-state index is -0.0678. The van der Waals surface area contributed by atoms with Crippen LogP contribution in [0, 0.1) is 0 Å². The van der Waals surface area contributed by atoms with Gasteiger partial charge in [0, 0.05) is 0 Å². The van der Waals surface area contributed by atoms with Crippen molar-refractivity contribution in [2.45, 2.75) is 12.7 Å². The van der Waals surface area contributed by atoms with Crippen LogP contribution in [0.25, 0.3) is 6.08 Å². The van der Waals surface area contributed by atoms with Gasteiger partial charge in [-0.15, -0.1) is 0 Å². The second kappa shape index (κ2) is 9.41. The third kappa shape index (κ3) is 5.59. The van der Waals surface area contributed by atoms with Crippen LogP contribution in [0.1, 0.15) is 22.8 Å². The zero-order chi connectivity index (χ0) is 17.2. The molecule has 1 nitrogen and oxygen atoms in total. The number of ether oxygens (including phenoxy) is 1. The quantitative estimate of drug-likeness (QED) is 0.469. The highest BCUT2D eigenvalue weighted by atomic mass is 16.5. The van der Waals surface area contributed by atoms with Crippen LogP contribution in [0.15, 0.2) is 109 Å². The van der Waals surface area contributed by atoms with Gasteiger partial charge in [0.15, 0.2) is 0 Å². The van der Waals surface area contributed by atoms with E-state index in [2.05, 4.69) is 60.7 Å². The van der Waals surface area contributed by atoms with Gasteiger partial charge in [0.2, 0.25) is 0 Å². The lowest BCUT2D eigenvalue weighted by Gasteiger charge is -2.14. The van der Waals surface area contributed by atoms with Gasteiger partial charge in [0.1, 0.15) is 6.10 Å². The van der Waals surface area contributed by atoms with E-state index in [0.29, 0.717) is 6.61 Å². The maximum Gasteiger partial charge on any atom is 0.101 e. The molecule has 25 heavy (non-hydrogen) atoms. The first-order valence-corrected chi connectivity index (χ1v) is 8.52. The normalized spacial score (nSPS) is 12.6. The predicted molar refractivity (Wildman–Crippen MR) is 105 cm³/mol. The van der Waals surface area contributed by atoms with Crippen molar-refractivity contribution in [2.24, 2.45) is 0 Å². The van der Waals surface area contributed by atoms with Crippen LogP contribution in [0.4, 0.5) is 0 Å². The van der Waals surface area contributed by atoms with E-state index in [1.165, 1.54) is 11.1 Å². The zero-order valence-electron chi connectivity index (χ0n) is 14.2. The lowest BCUT2D eigenvalue weighted by Crippen LogP contribution is -2.01. The molecule has 0 fully saturated rings. The van der Waals surface area contributed by atoms with Crippen molar-refractivity contribution in [3.05, 3.63) is 126 Å². The minimum Gasteiger partial charge on any atom is -0.365 e. The van der Waals surface area contributed by atoms with Crippen molar-refractivity contribution >= 4 is 6.08 Å². The van der Waals surface area contributed by atoms with Gasteiger partial charge in [-0.05, 0) is 16.7 Å². The maximum absolute atomic E-state index is 6.15. The van der Waals surface area contributed by atoms with Gasteiger partial charge in [0.25, 0.3) is 0 Å². The summed E-state index contributed by atoms with van der Waals surface area (Å²) in [6.45, 7) is 0.590. The van der Waals surface area contributed by atoms with Gasteiger partial charge < -0.3 is 4.74 Å². The van der Waals surface area contributed by atoms with Gasteiger partial charge in [-0.3, -0.25) is 0 Å². The number of benzene rings is 3. The number of rotatable bonds is 7. The first-order valence-electron chi connectivity index (χ1n) is 8.52. The van der Waals surface area contributed by atoms with E-state index in [9.17, 15) is 0 Å². The summed E-state index contributed by atoms with van der Waals surface area (Å²) in [6.07, 6.45) is 8.22. The van der Waals surface area contributed by atoms with E-state index < -0.39 is 0 Å². The first-order chi connectivity index (χ1) is 12.4. The van der Waals surface area contributed by atoms with Crippen LogP contribution < -0.4 is 0 Å². The fourth-order valence-corrected chi connectivity index (χ4v) is 2.56. The lowest BCUT2D eigenvalue weighted by atomic mass is 10.1. The third-order valence-corrected chi connectivity index (χ3v) is 3.89. The van der Waals surface area contributed by atoms with Crippen molar-refractivity contribution in [1.82, 2.24) is 0 Å². The van der Waals surface area contributed by atoms with Crippen molar-refractivity contribution in [1.29, 1.82) is 0 Å². The molecule has 0 amide bonds. The van der Waals surface area contributed by atoms with Gasteiger partial charge in [-0.1, -0.05) is 115 Å². The van der Waals surface area contributed by atoms with Gasteiger partial charge >= 0.3 is 0 Å². The Kier molecular flexibility index (Phi) is 6.38. The Bertz CT molecular complexity index is 789. The first kappa shape index (κ1) is 16.9. The Morgan fingerprint density at radius 3 is 1.96 bits per heavy atom. The average molecular weight is 326 g/mol. The van der Waals surface area contributed by atoms with Gasteiger partial charge in [-0.2, -0.15) is 0 Å². The standard InChI is InChI=1S/C24H22O/c1-4-12-21(13-5-1)14-10-11-19-24(23-17-8-3-9-18-23)25-20-22-15-6-2-7-16-22/h1-19,24H,20H2/b14-10+,19-11+. The Morgan fingerprint density at radius 2 is 1.28 bits per heavy atom. The molecule has 0 spiro atoms.